The number of fused-ring (bicyclic) bond motifs is 1. The fourth-order valence-electron chi connectivity index (χ4n) is 3.05. The molecule has 0 radical (unpaired) electrons. The van der Waals surface area contributed by atoms with Crippen molar-refractivity contribution in [3.63, 3.8) is 0 Å². The van der Waals surface area contributed by atoms with Gasteiger partial charge in [-0.15, -0.1) is 5.10 Å². The number of aryl methyl sites for hydroxylation is 1. The minimum Gasteiger partial charge on any atom is -0.369 e. The van der Waals surface area contributed by atoms with Crippen LogP contribution in [0.25, 0.3) is 5.65 Å². The number of hydrogen-bond donors (Lipinski definition) is 0. The second-order valence-electron chi connectivity index (χ2n) is 6.07. The van der Waals surface area contributed by atoms with E-state index in [2.05, 4.69) is 10.00 Å². The molecule has 0 N–H and O–H groups in total. The Morgan fingerprint density at radius 3 is 2.69 bits per heavy atom. The highest BCUT2D eigenvalue weighted by Crippen LogP contribution is 2.20. The van der Waals surface area contributed by atoms with Gasteiger partial charge < -0.3 is 4.90 Å². The molecule has 26 heavy (non-hydrogen) atoms. The third kappa shape index (κ3) is 3.61. The minimum absolute atomic E-state index is 0.321. The summed E-state index contributed by atoms with van der Waals surface area (Å²) in [6.45, 7) is -2.19. The van der Waals surface area contributed by atoms with Crippen LogP contribution in [0.2, 0.25) is 5.02 Å². The van der Waals surface area contributed by atoms with E-state index in [4.69, 9.17) is 17.1 Å². The van der Waals surface area contributed by atoms with Crippen molar-refractivity contribution in [1.82, 2.24) is 19.1 Å². The monoisotopic (exact) mass is 375 g/mol. The number of rotatable bonds is 5. The first kappa shape index (κ1) is 12.9. The Labute approximate surface area is 162 Å². The van der Waals surface area contributed by atoms with Gasteiger partial charge in [-0.3, -0.25) is 9.30 Å². The van der Waals surface area contributed by atoms with Gasteiger partial charge in [-0.05, 0) is 36.8 Å². The molecule has 0 atom stereocenters. The molecule has 6 nitrogen and oxygen atoms in total. The van der Waals surface area contributed by atoms with E-state index in [9.17, 15) is 4.79 Å². The molecule has 3 aromatic rings. The first-order valence-electron chi connectivity index (χ1n) is 10.5. The second kappa shape index (κ2) is 7.51. The molecule has 0 unspecified atom stereocenters. The summed E-state index contributed by atoms with van der Waals surface area (Å²) in [5.41, 5.74) is 0.675. The smallest absolute Gasteiger partial charge is 0.350 e. The van der Waals surface area contributed by atoms with E-state index in [0.29, 0.717) is 36.8 Å². The summed E-state index contributed by atoms with van der Waals surface area (Å²) in [5, 5.41) is 4.71. The molecule has 0 amide bonds. The molecular weight excluding hydrogens is 350 g/mol. The SMILES string of the molecule is [2H]C([2H])(CC([2H])([2H])n1nc2ccccn2c1=O)N1CCN(c2cccc(Cl)c2)CC1. The highest BCUT2D eigenvalue weighted by Gasteiger charge is 2.17. The Morgan fingerprint density at radius 2 is 1.92 bits per heavy atom. The Hall–Kier alpha value is -2.31. The Balaban J connectivity index is 1.48. The van der Waals surface area contributed by atoms with Crippen molar-refractivity contribution in [2.75, 3.05) is 37.6 Å². The first-order chi connectivity index (χ1) is 14.2. The van der Waals surface area contributed by atoms with Crippen molar-refractivity contribution >= 4 is 22.9 Å². The summed E-state index contributed by atoms with van der Waals surface area (Å²) in [6.07, 6.45) is 1.00. The highest BCUT2D eigenvalue weighted by atomic mass is 35.5. The van der Waals surface area contributed by atoms with Gasteiger partial charge in [-0.2, -0.15) is 0 Å². The van der Waals surface area contributed by atoms with Gasteiger partial charge in [0, 0.05) is 58.8 Å². The van der Waals surface area contributed by atoms with E-state index < -0.39 is 25.1 Å². The molecule has 3 heterocycles. The average Bonchev–Trinajstić information content (AvgIpc) is 3.05. The lowest BCUT2D eigenvalue weighted by Gasteiger charge is -2.36. The quantitative estimate of drug-likeness (QED) is 0.686. The third-order valence-corrected chi connectivity index (χ3v) is 4.65. The van der Waals surface area contributed by atoms with E-state index >= 15 is 0 Å². The van der Waals surface area contributed by atoms with Gasteiger partial charge in [0.2, 0.25) is 0 Å². The molecule has 1 aliphatic rings. The van der Waals surface area contributed by atoms with E-state index in [1.54, 1.807) is 23.1 Å². The van der Waals surface area contributed by atoms with Crippen LogP contribution in [0.3, 0.4) is 0 Å². The van der Waals surface area contributed by atoms with Crippen molar-refractivity contribution in [2.24, 2.45) is 0 Å². The van der Waals surface area contributed by atoms with Gasteiger partial charge in [0.05, 0.1) is 2.74 Å². The van der Waals surface area contributed by atoms with Crippen LogP contribution in [0.1, 0.15) is 11.9 Å². The molecule has 0 spiro atoms. The Kier molecular flexibility index (Phi) is 3.74. The zero-order chi connectivity index (χ0) is 21.5. The van der Waals surface area contributed by atoms with E-state index in [1.807, 2.05) is 24.3 Å². The molecule has 0 saturated carbocycles. The summed E-state index contributed by atoms with van der Waals surface area (Å²) in [5.74, 6) is 0. The number of piperazine rings is 1. The number of benzene rings is 1. The molecule has 0 aliphatic carbocycles. The molecular formula is C19H22ClN5O. The Morgan fingerprint density at radius 1 is 1.08 bits per heavy atom. The maximum atomic E-state index is 12.5. The van der Waals surface area contributed by atoms with Crippen molar-refractivity contribution in [1.29, 1.82) is 0 Å². The standard InChI is InChI=1S/C19H22ClN5O/c20-16-5-3-6-17(15-16)23-13-11-22(12-14-23)8-4-10-25-19(26)24-9-2-1-7-18(24)21-25/h1-3,5-7,9,15H,4,8,10-14H2/i8D2,10D2. The predicted molar refractivity (Wildman–Crippen MR) is 104 cm³/mol. The van der Waals surface area contributed by atoms with Gasteiger partial charge in [-0.25, -0.2) is 9.48 Å². The largest absolute Gasteiger partial charge is 0.369 e. The van der Waals surface area contributed by atoms with Crippen LogP contribution in [0, 0.1) is 0 Å². The van der Waals surface area contributed by atoms with Gasteiger partial charge in [0.25, 0.3) is 0 Å². The highest BCUT2D eigenvalue weighted by molar-refractivity contribution is 6.30. The van der Waals surface area contributed by atoms with Crippen LogP contribution in [0.5, 0.6) is 0 Å². The lowest BCUT2D eigenvalue weighted by Crippen LogP contribution is -2.46. The molecule has 2 aromatic heterocycles. The van der Waals surface area contributed by atoms with Crippen LogP contribution < -0.4 is 10.6 Å². The van der Waals surface area contributed by atoms with E-state index in [1.165, 1.54) is 10.6 Å². The zero-order valence-electron chi connectivity index (χ0n) is 18.2. The topological polar surface area (TPSA) is 45.8 Å². The van der Waals surface area contributed by atoms with Gasteiger partial charge in [-0.1, -0.05) is 23.7 Å². The fraction of sp³-hybridized carbons (Fsp3) is 0.368. The summed E-state index contributed by atoms with van der Waals surface area (Å²) >= 11 is 6.06. The van der Waals surface area contributed by atoms with E-state index in [0.717, 1.165) is 10.4 Å². The molecule has 4 rings (SSSR count). The van der Waals surface area contributed by atoms with E-state index in [-0.39, 0.29) is 0 Å². The van der Waals surface area contributed by atoms with Crippen molar-refractivity contribution in [3.8, 4) is 0 Å². The normalized spacial score (nSPS) is 19.0. The van der Waals surface area contributed by atoms with Crippen LogP contribution in [-0.4, -0.2) is 51.8 Å². The zero-order valence-corrected chi connectivity index (χ0v) is 14.9. The third-order valence-electron chi connectivity index (χ3n) is 4.41. The van der Waals surface area contributed by atoms with Gasteiger partial charge in [0.15, 0.2) is 5.65 Å². The number of halogens is 1. The number of anilines is 1. The maximum Gasteiger partial charge on any atom is 0.350 e. The van der Waals surface area contributed by atoms with Gasteiger partial charge >= 0.3 is 5.69 Å². The van der Waals surface area contributed by atoms with Gasteiger partial charge in [0.1, 0.15) is 0 Å². The summed E-state index contributed by atoms with van der Waals surface area (Å²) in [7, 11) is 0. The molecule has 0 bridgehead atoms. The summed E-state index contributed by atoms with van der Waals surface area (Å²) in [4.78, 5) is 16.3. The molecule has 1 saturated heterocycles. The number of nitrogens with zero attached hydrogens (tertiary/aromatic N) is 5. The molecule has 1 aromatic carbocycles. The van der Waals surface area contributed by atoms with Crippen LogP contribution in [-0.2, 0) is 6.50 Å². The van der Waals surface area contributed by atoms with Crippen molar-refractivity contribution < 1.29 is 5.48 Å². The van der Waals surface area contributed by atoms with Crippen LogP contribution in [0.4, 0.5) is 5.69 Å². The second-order valence-corrected chi connectivity index (χ2v) is 6.51. The molecule has 7 heteroatoms. The predicted octanol–water partition coefficient (Wildman–Crippen LogP) is 2.36. The average molecular weight is 376 g/mol. The number of aromatic nitrogens is 3. The number of pyridine rings is 1. The summed E-state index contributed by atoms with van der Waals surface area (Å²) in [6, 6.07) is 12.5. The van der Waals surface area contributed by atoms with Crippen LogP contribution >= 0.6 is 11.6 Å². The molecule has 1 aliphatic heterocycles. The van der Waals surface area contributed by atoms with Crippen molar-refractivity contribution in [3.05, 3.63) is 64.2 Å². The van der Waals surface area contributed by atoms with Crippen molar-refractivity contribution in [2.45, 2.75) is 12.9 Å². The molecule has 136 valence electrons. The Bertz CT molecular complexity index is 1110. The lowest BCUT2D eigenvalue weighted by atomic mass is 10.2. The lowest BCUT2D eigenvalue weighted by molar-refractivity contribution is 0.248. The fourth-order valence-corrected chi connectivity index (χ4v) is 3.23. The van der Waals surface area contributed by atoms with Crippen LogP contribution in [0.15, 0.2) is 53.5 Å². The molecule has 1 fully saturated rings. The minimum atomic E-state index is -2.28. The first-order valence-corrected chi connectivity index (χ1v) is 8.88. The number of hydrogen-bond acceptors (Lipinski definition) is 4. The maximum absolute atomic E-state index is 12.5. The summed E-state index contributed by atoms with van der Waals surface area (Å²) < 4.78 is 35.7.